The van der Waals surface area contributed by atoms with Crippen LogP contribution in [-0.4, -0.2) is 22.0 Å². The minimum absolute atomic E-state index is 0.807. The quantitative estimate of drug-likeness (QED) is 0.807. The molecule has 0 fully saturated rings. The zero-order chi connectivity index (χ0) is 12.3. The molecule has 2 aromatic rings. The van der Waals surface area contributed by atoms with Crippen LogP contribution in [0.25, 0.3) is 0 Å². The molecule has 2 heterocycles. The van der Waals surface area contributed by atoms with Gasteiger partial charge in [0.05, 0.1) is 11.4 Å². The van der Waals surface area contributed by atoms with Crippen molar-refractivity contribution in [3.63, 3.8) is 0 Å². The summed E-state index contributed by atoms with van der Waals surface area (Å²) in [5, 5.41) is 0. The number of hydrogen-bond acceptors (Lipinski definition) is 4. The van der Waals surface area contributed by atoms with Gasteiger partial charge in [-0.05, 0) is 31.5 Å². The van der Waals surface area contributed by atoms with Gasteiger partial charge in [0.15, 0.2) is 0 Å². The van der Waals surface area contributed by atoms with E-state index in [0.29, 0.717) is 0 Å². The zero-order valence-corrected chi connectivity index (χ0v) is 10.4. The fourth-order valence-electron chi connectivity index (χ4n) is 1.72. The second kappa shape index (κ2) is 4.91. The van der Waals surface area contributed by atoms with Gasteiger partial charge in [-0.15, -0.1) is 0 Å². The minimum Gasteiger partial charge on any atom is -0.354 e. The SMILES string of the molecule is Cc1cnc(C)c(N(C)Cc2ccncc2)n1. The lowest BCUT2D eigenvalue weighted by Gasteiger charge is -2.19. The first-order valence-electron chi connectivity index (χ1n) is 5.57. The van der Waals surface area contributed by atoms with Crippen LogP contribution in [0.5, 0.6) is 0 Å². The lowest BCUT2D eigenvalue weighted by atomic mass is 10.2. The van der Waals surface area contributed by atoms with E-state index < -0.39 is 0 Å². The molecule has 0 aliphatic rings. The summed E-state index contributed by atoms with van der Waals surface area (Å²) in [5.41, 5.74) is 3.10. The fraction of sp³-hybridized carbons (Fsp3) is 0.308. The Morgan fingerprint density at radius 1 is 1.18 bits per heavy atom. The van der Waals surface area contributed by atoms with E-state index in [1.165, 1.54) is 5.56 Å². The van der Waals surface area contributed by atoms with Gasteiger partial charge in [-0.25, -0.2) is 4.98 Å². The first kappa shape index (κ1) is 11.5. The summed E-state index contributed by atoms with van der Waals surface area (Å²) < 4.78 is 0. The highest BCUT2D eigenvalue weighted by Gasteiger charge is 2.08. The van der Waals surface area contributed by atoms with Crippen molar-refractivity contribution < 1.29 is 0 Å². The first-order chi connectivity index (χ1) is 8.16. The van der Waals surface area contributed by atoms with Gasteiger partial charge in [0.25, 0.3) is 0 Å². The summed E-state index contributed by atoms with van der Waals surface area (Å²) in [7, 11) is 2.02. The molecule has 0 saturated heterocycles. The number of aromatic nitrogens is 3. The summed E-state index contributed by atoms with van der Waals surface area (Å²) in [6, 6.07) is 4.02. The molecule has 2 rings (SSSR count). The predicted molar refractivity (Wildman–Crippen MR) is 67.9 cm³/mol. The maximum atomic E-state index is 4.52. The van der Waals surface area contributed by atoms with Gasteiger partial charge in [0.2, 0.25) is 0 Å². The Hall–Kier alpha value is -1.97. The molecule has 0 amide bonds. The van der Waals surface area contributed by atoms with E-state index in [9.17, 15) is 0 Å². The van der Waals surface area contributed by atoms with Crippen molar-refractivity contribution in [2.45, 2.75) is 20.4 Å². The standard InChI is InChI=1S/C13H16N4/c1-10-8-15-11(2)13(16-10)17(3)9-12-4-6-14-7-5-12/h4-8H,9H2,1-3H3. The molecule has 0 spiro atoms. The molecule has 0 aromatic carbocycles. The molecular weight excluding hydrogens is 212 g/mol. The van der Waals surface area contributed by atoms with E-state index in [4.69, 9.17) is 0 Å². The maximum Gasteiger partial charge on any atom is 0.150 e. The average Bonchev–Trinajstić information content (AvgIpc) is 2.33. The van der Waals surface area contributed by atoms with Crippen LogP contribution in [0.1, 0.15) is 17.0 Å². The lowest BCUT2D eigenvalue weighted by Crippen LogP contribution is -2.19. The van der Waals surface area contributed by atoms with Crippen molar-refractivity contribution in [3.8, 4) is 0 Å². The van der Waals surface area contributed by atoms with Crippen LogP contribution in [0, 0.1) is 13.8 Å². The Morgan fingerprint density at radius 3 is 2.59 bits per heavy atom. The van der Waals surface area contributed by atoms with Gasteiger partial charge in [-0.1, -0.05) is 0 Å². The van der Waals surface area contributed by atoms with Gasteiger partial charge >= 0.3 is 0 Å². The van der Waals surface area contributed by atoms with E-state index in [0.717, 1.165) is 23.8 Å². The molecule has 0 unspecified atom stereocenters. The summed E-state index contributed by atoms with van der Waals surface area (Å²) >= 11 is 0. The Kier molecular flexibility index (Phi) is 3.32. The summed E-state index contributed by atoms with van der Waals surface area (Å²) in [6.07, 6.45) is 5.40. The predicted octanol–water partition coefficient (Wildman–Crippen LogP) is 2.12. The second-order valence-electron chi connectivity index (χ2n) is 4.13. The molecule has 17 heavy (non-hydrogen) atoms. The van der Waals surface area contributed by atoms with E-state index in [-0.39, 0.29) is 0 Å². The molecule has 0 aliphatic carbocycles. The Morgan fingerprint density at radius 2 is 1.88 bits per heavy atom. The molecule has 0 radical (unpaired) electrons. The molecule has 4 nitrogen and oxygen atoms in total. The van der Waals surface area contributed by atoms with Crippen molar-refractivity contribution in [1.82, 2.24) is 15.0 Å². The van der Waals surface area contributed by atoms with Crippen LogP contribution in [0.2, 0.25) is 0 Å². The third kappa shape index (κ3) is 2.78. The van der Waals surface area contributed by atoms with Crippen molar-refractivity contribution in [2.75, 3.05) is 11.9 Å². The number of anilines is 1. The molecule has 88 valence electrons. The third-order valence-electron chi connectivity index (χ3n) is 2.58. The van der Waals surface area contributed by atoms with Crippen molar-refractivity contribution in [2.24, 2.45) is 0 Å². The number of aryl methyl sites for hydroxylation is 2. The molecule has 4 heteroatoms. The molecule has 0 saturated carbocycles. The number of rotatable bonds is 3. The van der Waals surface area contributed by atoms with Gasteiger partial charge in [-0.2, -0.15) is 0 Å². The summed E-state index contributed by atoms with van der Waals surface area (Å²) in [4.78, 5) is 15.0. The topological polar surface area (TPSA) is 41.9 Å². The van der Waals surface area contributed by atoms with Crippen LogP contribution in [0.3, 0.4) is 0 Å². The molecule has 0 aliphatic heterocycles. The lowest BCUT2D eigenvalue weighted by molar-refractivity contribution is 0.867. The molecule has 0 bridgehead atoms. The van der Waals surface area contributed by atoms with E-state index >= 15 is 0 Å². The van der Waals surface area contributed by atoms with Crippen LogP contribution < -0.4 is 4.90 Å². The highest BCUT2D eigenvalue weighted by Crippen LogP contribution is 2.15. The third-order valence-corrected chi connectivity index (χ3v) is 2.58. The molecule has 0 N–H and O–H groups in total. The van der Waals surface area contributed by atoms with Crippen molar-refractivity contribution >= 4 is 5.82 Å². The largest absolute Gasteiger partial charge is 0.354 e. The fourth-order valence-corrected chi connectivity index (χ4v) is 1.72. The van der Waals surface area contributed by atoms with Crippen LogP contribution in [0.15, 0.2) is 30.7 Å². The van der Waals surface area contributed by atoms with Crippen molar-refractivity contribution in [3.05, 3.63) is 47.7 Å². The zero-order valence-electron chi connectivity index (χ0n) is 10.4. The Bertz CT molecular complexity index is 496. The van der Waals surface area contributed by atoms with Crippen LogP contribution in [-0.2, 0) is 6.54 Å². The molecule has 0 atom stereocenters. The van der Waals surface area contributed by atoms with Crippen molar-refractivity contribution in [1.29, 1.82) is 0 Å². The normalized spacial score (nSPS) is 10.3. The molecule has 2 aromatic heterocycles. The van der Waals surface area contributed by atoms with E-state index in [1.54, 1.807) is 18.6 Å². The monoisotopic (exact) mass is 228 g/mol. The van der Waals surface area contributed by atoms with E-state index in [1.807, 2.05) is 33.0 Å². The highest BCUT2D eigenvalue weighted by molar-refractivity contribution is 5.42. The van der Waals surface area contributed by atoms with Crippen LogP contribution >= 0.6 is 0 Å². The summed E-state index contributed by atoms with van der Waals surface area (Å²) in [5.74, 6) is 0.932. The number of pyridine rings is 1. The minimum atomic E-state index is 0.807. The highest BCUT2D eigenvalue weighted by atomic mass is 15.2. The summed E-state index contributed by atoms with van der Waals surface area (Å²) in [6.45, 7) is 4.74. The first-order valence-corrected chi connectivity index (χ1v) is 5.57. The second-order valence-corrected chi connectivity index (χ2v) is 4.13. The Balaban J connectivity index is 2.20. The number of nitrogens with zero attached hydrogens (tertiary/aromatic N) is 4. The number of hydrogen-bond donors (Lipinski definition) is 0. The Labute approximate surface area is 101 Å². The maximum absolute atomic E-state index is 4.52. The van der Waals surface area contributed by atoms with Gasteiger partial charge < -0.3 is 4.90 Å². The van der Waals surface area contributed by atoms with Gasteiger partial charge in [0, 0.05) is 32.2 Å². The smallest absolute Gasteiger partial charge is 0.150 e. The molecular formula is C13H16N4. The average molecular weight is 228 g/mol. The van der Waals surface area contributed by atoms with Gasteiger partial charge in [-0.3, -0.25) is 9.97 Å². The van der Waals surface area contributed by atoms with Crippen LogP contribution in [0.4, 0.5) is 5.82 Å². The van der Waals surface area contributed by atoms with Gasteiger partial charge in [0.1, 0.15) is 5.82 Å². The van der Waals surface area contributed by atoms with E-state index in [2.05, 4.69) is 19.9 Å².